The van der Waals surface area contributed by atoms with Crippen LogP contribution in [-0.4, -0.2) is 7.05 Å². The fourth-order valence-electron chi connectivity index (χ4n) is 3.33. The first kappa shape index (κ1) is 16.5. The van der Waals surface area contributed by atoms with Crippen LogP contribution in [0.25, 0.3) is 17.0 Å². The van der Waals surface area contributed by atoms with E-state index in [0.717, 1.165) is 11.6 Å². The summed E-state index contributed by atoms with van der Waals surface area (Å²) in [6.07, 6.45) is 2.27. The molecule has 0 saturated carbocycles. The molecule has 3 aromatic rings. The highest BCUT2D eigenvalue weighted by Crippen LogP contribution is 2.46. The summed E-state index contributed by atoms with van der Waals surface area (Å²) in [6, 6.07) is 17.1. The lowest BCUT2D eigenvalue weighted by atomic mass is 10.1. The predicted octanol–water partition coefficient (Wildman–Crippen LogP) is 5.65. The zero-order valence-corrected chi connectivity index (χ0v) is 16.2. The largest absolute Gasteiger partial charge is 0.338 e. The Morgan fingerprint density at radius 1 is 1.12 bits per heavy atom. The molecule has 4 heteroatoms. The minimum Gasteiger partial charge on any atom is -0.338 e. The van der Waals surface area contributed by atoms with Crippen LogP contribution in [0.15, 0.2) is 58.5 Å². The average Bonchev–Trinajstić information content (AvgIpc) is 2.90. The fraction of sp³-hybridized carbons (Fsp3) is 0.190. The summed E-state index contributed by atoms with van der Waals surface area (Å²) in [4.78, 5) is 3.46. The molecule has 126 valence electrons. The quantitative estimate of drug-likeness (QED) is 0.540. The zero-order chi connectivity index (χ0) is 17.6. The minimum absolute atomic E-state index is 0.775. The van der Waals surface area contributed by atoms with E-state index in [1.165, 1.54) is 37.8 Å². The second-order valence-electron chi connectivity index (χ2n) is 6.32. The number of aromatic nitrogens is 1. The van der Waals surface area contributed by atoms with E-state index in [4.69, 9.17) is 11.6 Å². The van der Waals surface area contributed by atoms with Crippen molar-refractivity contribution in [1.82, 2.24) is 0 Å². The van der Waals surface area contributed by atoms with Crippen LogP contribution in [0.4, 0.5) is 5.69 Å². The lowest BCUT2D eigenvalue weighted by molar-refractivity contribution is -0.669. The molecule has 0 fully saturated rings. The second-order valence-corrected chi connectivity index (χ2v) is 7.82. The van der Waals surface area contributed by atoms with E-state index in [1.54, 1.807) is 11.8 Å². The van der Waals surface area contributed by atoms with Crippen LogP contribution in [0.1, 0.15) is 18.2 Å². The first-order valence-electron chi connectivity index (χ1n) is 8.43. The molecule has 1 aliphatic rings. The van der Waals surface area contributed by atoms with Crippen LogP contribution in [-0.2, 0) is 6.54 Å². The maximum Gasteiger partial charge on any atom is 0.212 e. The molecule has 0 unspecified atom stereocenters. The number of anilines is 1. The lowest BCUT2D eigenvalue weighted by Gasteiger charge is -2.13. The van der Waals surface area contributed by atoms with Crippen molar-refractivity contribution < 1.29 is 4.57 Å². The summed E-state index contributed by atoms with van der Waals surface area (Å²) < 4.78 is 2.37. The van der Waals surface area contributed by atoms with Gasteiger partial charge in [-0.3, -0.25) is 0 Å². The molecular formula is C21H20ClN2S+. The molecule has 0 radical (unpaired) electrons. The summed E-state index contributed by atoms with van der Waals surface area (Å²) in [6.45, 7) is 5.27. The third-order valence-corrected chi connectivity index (χ3v) is 6.04. The van der Waals surface area contributed by atoms with Gasteiger partial charge in [-0.1, -0.05) is 35.0 Å². The van der Waals surface area contributed by atoms with Gasteiger partial charge in [0.05, 0.1) is 10.7 Å². The molecule has 0 N–H and O–H groups in total. The van der Waals surface area contributed by atoms with E-state index >= 15 is 0 Å². The normalized spacial score (nSPS) is 15.2. The van der Waals surface area contributed by atoms with Crippen molar-refractivity contribution in [2.75, 3.05) is 11.9 Å². The third kappa shape index (κ3) is 2.92. The molecule has 1 aliphatic heterocycles. The van der Waals surface area contributed by atoms with Crippen LogP contribution >= 0.6 is 23.4 Å². The van der Waals surface area contributed by atoms with Gasteiger partial charge in [-0.25, -0.2) is 0 Å². The molecule has 25 heavy (non-hydrogen) atoms. The van der Waals surface area contributed by atoms with Crippen molar-refractivity contribution in [1.29, 1.82) is 0 Å². The van der Waals surface area contributed by atoms with Crippen LogP contribution in [0.3, 0.4) is 0 Å². The number of fused-ring (bicyclic) bond motifs is 2. The summed E-state index contributed by atoms with van der Waals surface area (Å²) in [5.74, 6) is 0. The highest BCUT2D eigenvalue weighted by molar-refractivity contribution is 8.03. The van der Waals surface area contributed by atoms with Gasteiger partial charge in [0.25, 0.3) is 0 Å². The first-order chi connectivity index (χ1) is 12.1. The van der Waals surface area contributed by atoms with Gasteiger partial charge in [0, 0.05) is 40.6 Å². The number of nitrogens with zero attached hydrogens (tertiary/aromatic N) is 2. The van der Waals surface area contributed by atoms with Crippen molar-refractivity contribution in [3.63, 3.8) is 0 Å². The van der Waals surface area contributed by atoms with Gasteiger partial charge in [0.1, 0.15) is 6.54 Å². The Morgan fingerprint density at radius 3 is 2.76 bits per heavy atom. The number of benzene rings is 2. The predicted molar refractivity (Wildman–Crippen MR) is 108 cm³/mol. The molecule has 1 aromatic heterocycles. The average molecular weight is 368 g/mol. The van der Waals surface area contributed by atoms with Crippen molar-refractivity contribution in [2.45, 2.75) is 25.3 Å². The Kier molecular flexibility index (Phi) is 4.22. The van der Waals surface area contributed by atoms with E-state index in [0.29, 0.717) is 0 Å². The highest BCUT2D eigenvalue weighted by atomic mass is 35.5. The SMILES string of the molecule is CC[n+]1c(/C=C2\Sc3ccc(Cl)cc3N2C)ccc2cc(C)ccc21. The number of rotatable bonds is 2. The minimum atomic E-state index is 0.775. The van der Waals surface area contributed by atoms with E-state index < -0.39 is 0 Å². The number of thioether (sulfide) groups is 1. The number of halogens is 1. The number of aryl methyl sites for hydroxylation is 2. The van der Waals surface area contributed by atoms with Gasteiger partial charge in [0.2, 0.25) is 11.2 Å². The molecule has 0 atom stereocenters. The molecule has 0 spiro atoms. The summed E-state index contributed by atoms with van der Waals surface area (Å²) in [7, 11) is 2.10. The first-order valence-corrected chi connectivity index (χ1v) is 9.62. The summed E-state index contributed by atoms with van der Waals surface area (Å²) in [5, 5.41) is 3.27. The maximum absolute atomic E-state index is 6.16. The number of hydrogen-bond donors (Lipinski definition) is 0. The topological polar surface area (TPSA) is 7.12 Å². The highest BCUT2D eigenvalue weighted by Gasteiger charge is 2.24. The van der Waals surface area contributed by atoms with E-state index in [9.17, 15) is 0 Å². The van der Waals surface area contributed by atoms with Crippen molar-refractivity contribution in [3.8, 4) is 0 Å². The van der Waals surface area contributed by atoms with Crippen molar-refractivity contribution >= 4 is 46.0 Å². The number of hydrogen-bond acceptors (Lipinski definition) is 2. The fourth-order valence-corrected chi connectivity index (χ4v) is 4.57. The van der Waals surface area contributed by atoms with E-state index in [-0.39, 0.29) is 0 Å². The van der Waals surface area contributed by atoms with Gasteiger partial charge < -0.3 is 4.90 Å². The molecule has 0 amide bonds. The van der Waals surface area contributed by atoms with Crippen LogP contribution in [0.2, 0.25) is 5.02 Å². The Balaban J connectivity index is 1.81. The second kappa shape index (κ2) is 6.40. The molecule has 2 heterocycles. The Hall–Kier alpha value is -1.97. The van der Waals surface area contributed by atoms with Crippen LogP contribution < -0.4 is 9.47 Å². The molecule has 0 bridgehead atoms. The number of pyridine rings is 1. The van der Waals surface area contributed by atoms with Crippen molar-refractivity contribution in [3.05, 3.63) is 69.8 Å². The third-order valence-electron chi connectivity index (χ3n) is 4.63. The molecule has 0 aliphatic carbocycles. The van der Waals surface area contributed by atoms with Gasteiger partial charge in [-0.05, 0) is 44.2 Å². The van der Waals surface area contributed by atoms with Gasteiger partial charge in [0.15, 0.2) is 0 Å². The Labute approximate surface area is 157 Å². The summed E-state index contributed by atoms with van der Waals surface area (Å²) >= 11 is 7.95. The van der Waals surface area contributed by atoms with Gasteiger partial charge in [-0.15, -0.1) is 0 Å². The zero-order valence-electron chi connectivity index (χ0n) is 14.6. The monoisotopic (exact) mass is 367 g/mol. The standard InChI is InChI=1S/C21H20ClN2S/c1-4-24-17(8-6-15-11-14(2)5-9-18(15)24)13-21-23(3)19-12-16(22)7-10-20(19)25-21/h5-13H,4H2,1-3H3/q+1. The van der Waals surface area contributed by atoms with Crippen LogP contribution in [0.5, 0.6) is 0 Å². The molecule has 4 rings (SSSR count). The summed E-state index contributed by atoms with van der Waals surface area (Å²) in [5.41, 5.74) is 4.95. The molecular weight excluding hydrogens is 348 g/mol. The smallest absolute Gasteiger partial charge is 0.212 e. The molecule has 2 nitrogen and oxygen atoms in total. The van der Waals surface area contributed by atoms with Crippen LogP contribution in [0, 0.1) is 6.92 Å². The van der Waals surface area contributed by atoms with E-state index in [1.807, 2.05) is 12.1 Å². The Bertz CT molecular complexity index is 1010. The molecule has 2 aromatic carbocycles. The lowest BCUT2D eigenvalue weighted by Crippen LogP contribution is -2.36. The van der Waals surface area contributed by atoms with Crippen molar-refractivity contribution in [2.24, 2.45) is 0 Å². The van der Waals surface area contributed by atoms with E-state index in [2.05, 4.69) is 72.8 Å². The van der Waals surface area contributed by atoms with Gasteiger partial charge >= 0.3 is 0 Å². The molecule has 0 saturated heterocycles. The Morgan fingerprint density at radius 2 is 1.96 bits per heavy atom. The van der Waals surface area contributed by atoms with Gasteiger partial charge in [-0.2, -0.15) is 4.57 Å². The maximum atomic E-state index is 6.16.